The first kappa shape index (κ1) is 18.7. The standard InChI is InChI=1S/C18H27FN2O3/c1-13-9-21(10-14(2)24-13)18(3,4)12-20-17(22)11-23-16-7-5-15(19)6-8-16/h5-8,13-14H,9-12H2,1-4H3,(H,20,22)/t13-,14-/m1/s1. The number of hydrogen-bond acceptors (Lipinski definition) is 4. The first-order chi connectivity index (χ1) is 11.3. The molecular formula is C18H27FN2O3. The molecule has 1 N–H and O–H groups in total. The molecule has 1 saturated heterocycles. The highest BCUT2D eigenvalue weighted by Crippen LogP contribution is 2.20. The predicted octanol–water partition coefficient (Wildman–Crippen LogP) is 2.21. The summed E-state index contributed by atoms with van der Waals surface area (Å²) < 4.78 is 23.9. The molecule has 0 spiro atoms. The maximum atomic E-state index is 12.8. The van der Waals surface area contributed by atoms with Crippen molar-refractivity contribution in [1.82, 2.24) is 10.2 Å². The molecule has 1 fully saturated rings. The first-order valence-corrected chi connectivity index (χ1v) is 8.32. The van der Waals surface area contributed by atoms with E-state index in [1.165, 1.54) is 24.3 Å². The lowest BCUT2D eigenvalue weighted by Crippen LogP contribution is -2.58. The summed E-state index contributed by atoms with van der Waals surface area (Å²) in [6.45, 7) is 10.5. The summed E-state index contributed by atoms with van der Waals surface area (Å²) in [6.07, 6.45) is 0.371. The number of hydrogen-bond donors (Lipinski definition) is 1. The Morgan fingerprint density at radius 2 is 1.88 bits per heavy atom. The van der Waals surface area contributed by atoms with Crippen LogP contribution in [0.4, 0.5) is 4.39 Å². The molecular weight excluding hydrogens is 311 g/mol. The van der Waals surface area contributed by atoms with Gasteiger partial charge in [0.2, 0.25) is 0 Å². The summed E-state index contributed by atoms with van der Waals surface area (Å²) in [5, 5.41) is 2.91. The second-order valence-electron chi connectivity index (χ2n) is 6.99. The van der Waals surface area contributed by atoms with Crippen LogP contribution in [0, 0.1) is 5.82 Å². The van der Waals surface area contributed by atoms with E-state index in [0.29, 0.717) is 12.3 Å². The monoisotopic (exact) mass is 338 g/mol. The molecule has 0 aliphatic carbocycles. The molecule has 0 saturated carbocycles. The van der Waals surface area contributed by atoms with Gasteiger partial charge in [-0.2, -0.15) is 0 Å². The highest BCUT2D eigenvalue weighted by Gasteiger charge is 2.33. The van der Waals surface area contributed by atoms with E-state index in [9.17, 15) is 9.18 Å². The van der Waals surface area contributed by atoms with Gasteiger partial charge in [0.1, 0.15) is 11.6 Å². The summed E-state index contributed by atoms with van der Waals surface area (Å²) in [5.41, 5.74) is -0.169. The van der Waals surface area contributed by atoms with Gasteiger partial charge >= 0.3 is 0 Å². The van der Waals surface area contributed by atoms with Crippen molar-refractivity contribution in [3.63, 3.8) is 0 Å². The van der Waals surface area contributed by atoms with Crippen molar-refractivity contribution >= 4 is 5.91 Å². The highest BCUT2D eigenvalue weighted by molar-refractivity contribution is 5.77. The highest BCUT2D eigenvalue weighted by atomic mass is 19.1. The smallest absolute Gasteiger partial charge is 0.258 e. The third kappa shape index (κ3) is 5.46. The Balaban J connectivity index is 1.78. The molecule has 2 rings (SSSR count). The third-order valence-electron chi connectivity index (χ3n) is 4.18. The molecule has 1 aromatic carbocycles. The van der Waals surface area contributed by atoms with Crippen molar-refractivity contribution in [2.24, 2.45) is 0 Å². The van der Waals surface area contributed by atoms with Crippen LogP contribution in [0.25, 0.3) is 0 Å². The lowest BCUT2D eigenvalue weighted by molar-refractivity contribution is -0.124. The van der Waals surface area contributed by atoms with Crippen molar-refractivity contribution in [3.05, 3.63) is 30.1 Å². The maximum absolute atomic E-state index is 12.8. The molecule has 24 heavy (non-hydrogen) atoms. The van der Waals surface area contributed by atoms with Crippen LogP contribution in [-0.4, -0.2) is 54.8 Å². The predicted molar refractivity (Wildman–Crippen MR) is 90.6 cm³/mol. The summed E-state index contributed by atoms with van der Waals surface area (Å²) in [5.74, 6) is -0.0501. The normalized spacial score (nSPS) is 22.2. The van der Waals surface area contributed by atoms with Crippen molar-refractivity contribution in [2.45, 2.75) is 45.4 Å². The van der Waals surface area contributed by atoms with Crippen LogP contribution in [0.15, 0.2) is 24.3 Å². The van der Waals surface area contributed by atoms with Gasteiger partial charge in [-0.3, -0.25) is 9.69 Å². The van der Waals surface area contributed by atoms with Crippen LogP contribution >= 0.6 is 0 Å². The largest absolute Gasteiger partial charge is 0.484 e. The van der Waals surface area contributed by atoms with Gasteiger partial charge in [0, 0.05) is 25.2 Å². The number of morpholine rings is 1. The van der Waals surface area contributed by atoms with E-state index in [2.05, 4.69) is 37.9 Å². The number of carbonyl (C=O) groups excluding carboxylic acids is 1. The fraction of sp³-hybridized carbons (Fsp3) is 0.611. The molecule has 2 atom stereocenters. The average molecular weight is 338 g/mol. The second-order valence-corrected chi connectivity index (χ2v) is 6.99. The molecule has 0 radical (unpaired) electrons. The Hall–Kier alpha value is -1.66. The van der Waals surface area contributed by atoms with Gasteiger partial charge in [-0.05, 0) is 52.0 Å². The van der Waals surface area contributed by atoms with Crippen LogP contribution in [0.1, 0.15) is 27.7 Å². The number of ether oxygens (including phenoxy) is 2. The van der Waals surface area contributed by atoms with E-state index in [1.807, 2.05) is 0 Å². The van der Waals surface area contributed by atoms with Gasteiger partial charge in [-0.1, -0.05) is 0 Å². The average Bonchev–Trinajstić information content (AvgIpc) is 2.51. The Morgan fingerprint density at radius 1 is 1.29 bits per heavy atom. The zero-order valence-corrected chi connectivity index (χ0v) is 14.8. The SMILES string of the molecule is C[C@@H]1CN(C(C)(C)CNC(=O)COc2ccc(F)cc2)C[C@@H](C)O1. The van der Waals surface area contributed by atoms with Crippen molar-refractivity contribution in [1.29, 1.82) is 0 Å². The number of halogens is 1. The number of nitrogens with zero attached hydrogens (tertiary/aromatic N) is 1. The van der Waals surface area contributed by atoms with Gasteiger partial charge in [-0.25, -0.2) is 4.39 Å². The number of nitrogens with one attached hydrogen (secondary N) is 1. The quantitative estimate of drug-likeness (QED) is 0.864. The lowest BCUT2D eigenvalue weighted by atomic mass is 10.00. The van der Waals surface area contributed by atoms with E-state index in [0.717, 1.165) is 13.1 Å². The third-order valence-corrected chi connectivity index (χ3v) is 4.18. The first-order valence-electron chi connectivity index (χ1n) is 8.32. The molecule has 134 valence electrons. The van der Waals surface area contributed by atoms with Crippen LogP contribution < -0.4 is 10.1 Å². The van der Waals surface area contributed by atoms with Crippen molar-refractivity contribution in [2.75, 3.05) is 26.2 Å². The number of rotatable bonds is 6. The summed E-state index contributed by atoms with van der Waals surface area (Å²) in [4.78, 5) is 14.3. The van der Waals surface area contributed by atoms with E-state index in [-0.39, 0.29) is 36.1 Å². The molecule has 1 aliphatic heterocycles. The van der Waals surface area contributed by atoms with Crippen molar-refractivity contribution < 1.29 is 18.7 Å². The van der Waals surface area contributed by atoms with Gasteiger partial charge in [0.05, 0.1) is 12.2 Å². The zero-order chi connectivity index (χ0) is 17.7. The van der Waals surface area contributed by atoms with E-state index in [4.69, 9.17) is 9.47 Å². The van der Waals surface area contributed by atoms with Gasteiger partial charge in [-0.15, -0.1) is 0 Å². The molecule has 5 nitrogen and oxygen atoms in total. The Labute approximate surface area is 143 Å². The topological polar surface area (TPSA) is 50.8 Å². The van der Waals surface area contributed by atoms with Gasteiger partial charge in [0.25, 0.3) is 5.91 Å². The van der Waals surface area contributed by atoms with Crippen LogP contribution in [0.5, 0.6) is 5.75 Å². The molecule has 6 heteroatoms. The molecule has 1 amide bonds. The van der Waals surface area contributed by atoms with Crippen molar-refractivity contribution in [3.8, 4) is 5.75 Å². The maximum Gasteiger partial charge on any atom is 0.258 e. The van der Waals surface area contributed by atoms with E-state index >= 15 is 0 Å². The number of amides is 1. The molecule has 0 aromatic heterocycles. The molecule has 1 aromatic rings. The Morgan fingerprint density at radius 3 is 2.46 bits per heavy atom. The van der Waals surface area contributed by atoms with Gasteiger partial charge in [0.15, 0.2) is 6.61 Å². The lowest BCUT2D eigenvalue weighted by Gasteiger charge is -2.45. The molecule has 1 aliphatic rings. The van der Waals surface area contributed by atoms with Gasteiger partial charge < -0.3 is 14.8 Å². The number of benzene rings is 1. The van der Waals surface area contributed by atoms with E-state index < -0.39 is 0 Å². The summed E-state index contributed by atoms with van der Waals surface area (Å²) in [6, 6.07) is 5.61. The zero-order valence-electron chi connectivity index (χ0n) is 14.8. The summed E-state index contributed by atoms with van der Waals surface area (Å²) >= 11 is 0. The molecule has 1 heterocycles. The van der Waals surface area contributed by atoms with E-state index in [1.54, 1.807) is 0 Å². The number of carbonyl (C=O) groups is 1. The van der Waals surface area contributed by atoms with Crippen LogP contribution in [0.2, 0.25) is 0 Å². The molecule has 0 bridgehead atoms. The van der Waals surface area contributed by atoms with Crippen LogP contribution in [0.3, 0.4) is 0 Å². The summed E-state index contributed by atoms with van der Waals surface area (Å²) in [7, 11) is 0. The Kier molecular flexibility index (Phi) is 6.18. The Bertz CT molecular complexity index is 538. The fourth-order valence-electron chi connectivity index (χ4n) is 2.83. The van der Waals surface area contributed by atoms with Crippen LogP contribution in [-0.2, 0) is 9.53 Å². The minimum absolute atomic E-state index is 0.0857. The minimum Gasteiger partial charge on any atom is -0.484 e. The molecule has 0 unspecified atom stereocenters. The minimum atomic E-state index is -0.331. The fourth-order valence-corrected chi connectivity index (χ4v) is 2.83. The second kappa shape index (κ2) is 7.94.